The van der Waals surface area contributed by atoms with Crippen molar-refractivity contribution < 1.29 is 32.0 Å². The summed E-state index contributed by atoms with van der Waals surface area (Å²) in [4.78, 5) is 25.6. The molecule has 0 saturated heterocycles. The number of rotatable bonds is 5. The van der Waals surface area contributed by atoms with Gasteiger partial charge in [0.15, 0.2) is 6.61 Å². The molecule has 0 radical (unpaired) electrons. The molecule has 0 heterocycles. The molecular weight excluding hydrogens is 492 g/mol. The largest absolute Gasteiger partial charge is 0.744 e. The van der Waals surface area contributed by atoms with Crippen molar-refractivity contribution in [2.24, 2.45) is 5.92 Å². The van der Waals surface area contributed by atoms with Crippen LogP contribution in [0.25, 0.3) is 0 Å². The van der Waals surface area contributed by atoms with Gasteiger partial charge in [0.05, 0.1) is 10.8 Å². The quantitative estimate of drug-likeness (QED) is 0.283. The van der Waals surface area contributed by atoms with Crippen LogP contribution in [0, 0.1) is 5.92 Å². The zero-order valence-electron chi connectivity index (χ0n) is 20.0. The van der Waals surface area contributed by atoms with E-state index in [2.05, 4.69) is 24.3 Å². The summed E-state index contributed by atoms with van der Waals surface area (Å²) in [6.07, 6.45) is 3.10. The SMILES string of the molecule is O=C(COC(=O)C1CC2c3ccccc3C1c1ccccc12)Oc1ccc(S(=O)(=O)[O-])c2c1CCCC2. The van der Waals surface area contributed by atoms with Crippen molar-refractivity contribution in [3.05, 3.63) is 94.0 Å². The minimum atomic E-state index is -4.63. The standard InChI is InChI=1S/C29H26O7S/c30-27(36-25-13-14-26(37(32,33)34)20-10-4-3-9-19(20)25)16-35-29(31)24-15-23-17-7-1-5-11-21(17)28(24)22-12-6-2-8-18(22)23/h1-2,5-8,11-14,23-24,28H,3-4,9-10,15-16H2,(H,32,33,34)/p-1. The van der Waals surface area contributed by atoms with Gasteiger partial charge in [0, 0.05) is 11.8 Å². The highest BCUT2D eigenvalue weighted by Crippen LogP contribution is 2.55. The minimum Gasteiger partial charge on any atom is -0.744 e. The molecule has 0 aromatic heterocycles. The first kappa shape index (κ1) is 23.9. The third kappa shape index (κ3) is 4.14. The zero-order chi connectivity index (χ0) is 25.7. The number of hydrogen-bond acceptors (Lipinski definition) is 7. The van der Waals surface area contributed by atoms with Gasteiger partial charge in [0.25, 0.3) is 0 Å². The van der Waals surface area contributed by atoms with Crippen molar-refractivity contribution in [3.8, 4) is 5.75 Å². The van der Waals surface area contributed by atoms with E-state index in [1.165, 1.54) is 23.3 Å². The van der Waals surface area contributed by atoms with Crippen LogP contribution in [0.2, 0.25) is 0 Å². The highest BCUT2D eigenvalue weighted by molar-refractivity contribution is 7.85. The Balaban J connectivity index is 1.18. The molecule has 37 heavy (non-hydrogen) atoms. The smallest absolute Gasteiger partial charge is 0.349 e. The molecule has 8 heteroatoms. The predicted molar refractivity (Wildman–Crippen MR) is 132 cm³/mol. The Hall–Kier alpha value is -3.49. The summed E-state index contributed by atoms with van der Waals surface area (Å²) in [5.74, 6) is -1.41. The molecule has 7 nitrogen and oxygen atoms in total. The van der Waals surface area contributed by atoms with E-state index in [-0.39, 0.29) is 22.5 Å². The lowest BCUT2D eigenvalue weighted by Gasteiger charge is -2.44. The van der Waals surface area contributed by atoms with Gasteiger partial charge in [-0.05, 0) is 77.6 Å². The fourth-order valence-corrected chi connectivity index (χ4v) is 7.15. The summed E-state index contributed by atoms with van der Waals surface area (Å²) < 4.78 is 45.9. The molecule has 0 fully saturated rings. The number of esters is 2. The van der Waals surface area contributed by atoms with Gasteiger partial charge in [0.1, 0.15) is 15.9 Å². The van der Waals surface area contributed by atoms with Gasteiger partial charge in [0.2, 0.25) is 0 Å². The first-order valence-electron chi connectivity index (χ1n) is 12.5. The van der Waals surface area contributed by atoms with E-state index in [9.17, 15) is 22.6 Å². The normalized spacial score (nSPS) is 21.4. The summed E-state index contributed by atoms with van der Waals surface area (Å²) in [5.41, 5.74) is 5.70. The van der Waals surface area contributed by atoms with E-state index in [0.29, 0.717) is 30.4 Å². The van der Waals surface area contributed by atoms with Crippen LogP contribution in [-0.2, 0) is 37.3 Å². The van der Waals surface area contributed by atoms with Crippen LogP contribution >= 0.6 is 0 Å². The van der Waals surface area contributed by atoms with E-state index >= 15 is 0 Å². The molecule has 1 atom stereocenters. The lowest BCUT2D eigenvalue weighted by molar-refractivity contribution is -0.158. The van der Waals surface area contributed by atoms with Crippen LogP contribution in [0.4, 0.5) is 0 Å². The summed E-state index contributed by atoms with van der Waals surface area (Å²) in [5, 5.41) is 0. The molecule has 0 spiro atoms. The molecule has 2 bridgehead atoms. The summed E-state index contributed by atoms with van der Waals surface area (Å²) in [7, 11) is -4.63. The molecule has 190 valence electrons. The van der Waals surface area contributed by atoms with Crippen molar-refractivity contribution in [2.45, 2.75) is 48.8 Å². The maximum atomic E-state index is 13.2. The molecule has 3 aromatic carbocycles. The third-order valence-electron chi connectivity index (χ3n) is 7.88. The predicted octanol–water partition coefficient (Wildman–Crippen LogP) is 4.22. The van der Waals surface area contributed by atoms with Gasteiger partial charge in [-0.25, -0.2) is 13.2 Å². The summed E-state index contributed by atoms with van der Waals surface area (Å²) in [6, 6.07) is 18.9. The number of ether oxygens (including phenoxy) is 2. The van der Waals surface area contributed by atoms with Crippen LogP contribution in [0.1, 0.15) is 64.5 Å². The fraction of sp³-hybridized carbons (Fsp3) is 0.310. The number of carbonyl (C=O) groups is 2. The Morgan fingerprint density at radius 3 is 2.05 bits per heavy atom. The molecule has 3 aromatic rings. The van der Waals surface area contributed by atoms with Gasteiger partial charge in [-0.1, -0.05) is 48.5 Å². The van der Waals surface area contributed by atoms with Gasteiger partial charge in [-0.2, -0.15) is 0 Å². The maximum absolute atomic E-state index is 13.2. The molecule has 7 rings (SSSR count). The van der Waals surface area contributed by atoms with E-state index < -0.39 is 34.6 Å². The number of benzene rings is 3. The van der Waals surface area contributed by atoms with Crippen LogP contribution in [0.5, 0.6) is 5.75 Å². The number of fused-ring (bicyclic) bond motifs is 2. The Morgan fingerprint density at radius 2 is 1.43 bits per heavy atom. The molecule has 4 aliphatic rings. The fourth-order valence-electron chi connectivity index (χ4n) is 6.39. The van der Waals surface area contributed by atoms with E-state index in [4.69, 9.17) is 9.47 Å². The van der Waals surface area contributed by atoms with Crippen LogP contribution in [0.3, 0.4) is 0 Å². The number of hydrogen-bond donors (Lipinski definition) is 0. The monoisotopic (exact) mass is 517 g/mol. The van der Waals surface area contributed by atoms with Crippen molar-refractivity contribution >= 4 is 22.1 Å². The Kier molecular flexibility index (Phi) is 5.88. The second-order valence-corrected chi connectivity index (χ2v) is 11.2. The average molecular weight is 518 g/mol. The first-order valence-corrected chi connectivity index (χ1v) is 13.9. The lowest BCUT2D eigenvalue weighted by Crippen LogP contribution is -2.37. The molecule has 0 N–H and O–H groups in total. The van der Waals surface area contributed by atoms with Gasteiger partial charge in [-0.3, -0.25) is 4.79 Å². The van der Waals surface area contributed by atoms with Crippen molar-refractivity contribution in [2.75, 3.05) is 6.61 Å². The Bertz CT molecular complexity index is 1480. The molecule has 0 amide bonds. The maximum Gasteiger partial charge on any atom is 0.349 e. The second-order valence-electron chi connectivity index (χ2n) is 9.89. The highest BCUT2D eigenvalue weighted by atomic mass is 32.2. The highest BCUT2D eigenvalue weighted by Gasteiger charge is 2.46. The van der Waals surface area contributed by atoms with E-state index in [0.717, 1.165) is 24.0 Å². The molecule has 1 unspecified atom stereocenters. The van der Waals surface area contributed by atoms with E-state index in [1.807, 2.05) is 24.3 Å². The van der Waals surface area contributed by atoms with Gasteiger partial charge in [-0.15, -0.1) is 0 Å². The van der Waals surface area contributed by atoms with Gasteiger partial charge < -0.3 is 14.0 Å². The molecule has 4 aliphatic carbocycles. The topological polar surface area (TPSA) is 110 Å². The van der Waals surface area contributed by atoms with Crippen molar-refractivity contribution in [3.63, 3.8) is 0 Å². The zero-order valence-corrected chi connectivity index (χ0v) is 20.8. The van der Waals surface area contributed by atoms with Crippen molar-refractivity contribution in [1.29, 1.82) is 0 Å². The average Bonchev–Trinajstić information content (AvgIpc) is 2.91. The Labute approximate surface area is 215 Å². The molecule has 0 saturated carbocycles. The molecule has 0 aliphatic heterocycles. The van der Waals surface area contributed by atoms with Crippen LogP contribution in [0.15, 0.2) is 65.6 Å². The summed E-state index contributed by atoms with van der Waals surface area (Å²) >= 11 is 0. The summed E-state index contributed by atoms with van der Waals surface area (Å²) in [6.45, 7) is -0.549. The molecular formula is C29H25O7S-. The minimum absolute atomic E-state index is 0.101. The van der Waals surface area contributed by atoms with Gasteiger partial charge >= 0.3 is 11.9 Å². The van der Waals surface area contributed by atoms with Crippen molar-refractivity contribution in [1.82, 2.24) is 0 Å². The van der Waals surface area contributed by atoms with Crippen LogP contribution < -0.4 is 4.74 Å². The third-order valence-corrected chi connectivity index (χ3v) is 8.80. The lowest BCUT2D eigenvalue weighted by atomic mass is 9.59. The van der Waals surface area contributed by atoms with E-state index in [1.54, 1.807) is 0 Å². The Morgan fingerprint density at radius 1 is 0.838 bits per heavy atom. The number of carbonyl (C=O) groups excluding carboxylic acids is 2. The first-order chi connectivity index (χ1) is 17.8. The second kappa shape index (κ2) is 9.11. The van der Waals surface area contributed by atoms with Crippen LogP contribution in [-0.4, -0.2) is 31.5 Å².